The average molecular weight is 383 g/mol. The summed E-state index contributed by atoms with van der Waals surface area (Å²) >= 11 is 6.05. The predicted octanol–water partition coefficient (Wildman–Crippen LogP) is 1.77. The predicted molar refractivity (Wildman–Crippen MR) is 104 cm³/mol. The Bertz CT molecular complexity index is 663. The Balaban J connectivity index is 2.09. The highest BCUT2D eigenvalue weighted by molar-refractivity contribution is 6.59. The molecular weight excluding hydrogens is 354 g/mol. The number of benzene rings is 1. The Hall–Kier alpha value is -1.28. The number of carbonyl (C=O) groups is 1. The Morgan fingerprint density at radius 1 is 1.35 bits per heavy atom. The summed E-state index contributed by atoms with van der Waals surface area (Å²) in [6, 6.07) is 3.54. The summed E-state index contributed by atoms with van der Waals surface area (Å²) in [6.45, 7) is 11.9. The third kappa shape index (κ3) is 5.36. The average Bonchev–Trinajstić information content (AvgIpc) is 2.49. The van der Waals surface area contributed by atoms with E-state index >= 15 is 0 Å². The highest BCUT2D eigenvalue weighted by Gasteiger charge is 2.31. The van der Waals surface area contributed by atoms with Crippen LogP contribution < -0.4 is 5.46 Å². The minimum atomic E-state index is -1.57. The molecule has 1 amide bonds. The van der Waals surface area contributed by atoms with Crippen LogP contribution in [0.2, 0.25) is 5.02 Å². The number of amides is 1. The molecule has 0 bridgehead atoms. The van der Waals surface area contributed by atoms with E-state index in [2.05, 4.69) is 11.8 Å². The summed E-state index contributed by atoms with van der Waals surface area (Å²) in [6.07, 6.45) is -0.293. The van der Waals surface area contributed by atoms with Gasteiger partial charge in [0.05, 0.1) is 0 Å². The van der Waals surface area contributed by atoms with Crippen LogP contribution >= 0.6 is 11.6 Å². The van der Waals surface area contributed by atoms with Gasteiger partial charge in [0.1, 0.15) is 5.60 Å². The lowest BCUT2D eigenvalue weighted by atomic mass is 9.75. The van der Waals surface area contributed by atoms with Crippen LogP contribution in [0, 0.1) is 6.92 Å². The molecule has 1 atom stereocenters. The molecule has 6 nitrogen and oxygen atoms in total. The van der Waals surface area contributed by atoms with Crippen molar-refractivity contribution in [2.75, 3.05) is 19.6 Å². The first-order valence-corrected chi connectivity index (χ1v) is 9.22. The third-order valence-electron chi connectivity index (χ3n) is 4.53. The quantitative estimate of drug-likeness (QED) is 0.780. The van der Waals surface area contributed by atoms with E-state index in [9.17, 15) is 14.8 Å². The smallest absolute Gasteiger partial charge is 0.444 e. The fourth-order valence-corrected chi connectivity index (χ4v) is 3.45. The van der Waals surface area contributed by atoms with Crippen molar-refractivity contribution < 1.29 is 19.6 Å². The van der Waals surface area contributed by atoms with E-state index in [0.717, 1.165) is 11.1 Å². The number of aryl methyl sites for hydroxylation is 1. The number of rotatable bonds is 3. The second kappa shape index (κ2) is 8.17. The maximum atomic E-state index is 12.3. The Morgan fingerprint density at radius 3 is 2.54 bits per heavy atom. The van der Waals surface area contributed by atoms with Crippen LogP contribution in [0.5, 0.6) is 0 Å². The molecule has 1 aromatic carbocycles. The number of hydrogen-bond acceptors (Lipinski definition) is 5. The van der Waals surface area contributed by atoms with E-state index in [0.29, 0.717) is 36.7 Å². The first-order chi connectivity index (χ1) is 12.0. The lowest BCUT2D eigenvalue weighted by molar-refractivity contribution is 0.00462. The van der Waals surface area contributed by atoms with E-state index in [1.54, 1.807) is 11.0 Å². The second-order valence-electron chi connectivity index (χ2n) is 7.91. The van der Waals surface area contributed by atoms with Crippen LogP contribution in [0.1, 0.15) is 38.8 Å². The summed E-state index contributed by atoms with van der Waals surface area (Å²) in [5.74, 6) is 0. The van der Waals surface area contributed by atoms with Crippen molar-refractivity contribution in [2.24, 2.45) is 0 Å². The van der Waals surface area contributed by atoms with Crippen molar-refractivity contribution in [3.63, 3.8) is 0 Å². The normalized spacial score (nSPS) is 18.8. The number of halogens is 1. The molecule has 0 aliphatic carbocycles. The van der Waals surface area contributed by atoms with Gasteiger partial charge >= 0.3 is 13.2 Å². The minimum absolute atomic E-state index is 0.120. The maximum Gasteiger partial charge on any atom is 0.488 e. The topological polar surface area (TPSA) is 73.2 Å². The zero-order valence-electron chi connectivity index (χ0n) is 16.1. The fourth-order valence-electron chi connectivity index (χ4n) is 3.17. The zero-order chi connectivity index (χ0) is 19.6. The Morgan fingerprint density at radius 2 is 2.00 bits per heavy atom. The van der Waals surface area contributed by atoms with Crippen LogP contribution in [0.25, 0.3) is 0 Å². The monoisotopic (exact) mass is 382 g/mol. The summed E-state index contributed by atoms with van der Waals surface area (Å²) in [5, 5.41) is 19.8. The maximum absolute atomic E-state index is 12.3. The van der Waals surface area contributed by atoms with E-state index in [1.165, 1.54) is 0 Å². The van der Waals surface area contributed by atoms with Crippen molar-refractivity contribution in [2.45, 2.75) is 52.8 Å². The first-order valence-electron chi connectivity index (χ1n) is 8.85. The molecule has 26 heavy (non-hydrogen) atoms. The van der Waals surface area contributed by atoms with Gasteiger partial charge in [0.2, 0.25) is 0 Å². The van der Waals surface area contributed by atoms with E-state index in [4.69, 9.17) is 16.3 Å². The third-order valence-corrected chi connectivity index (χ3v) is 4.75. The molecule has 0 radical (unpaired) electrons. The molecule has 8 heteroatoms. The first kappa shape index (κ1) is 21.0. The highest BCUT2D eigenvalue weighted by atomic mass is 35.5. The second-order valence-corrected chi connectivity index (χ2v) is 8.35. The Kier molecular flexibility index (Phi) is 6.61. The van der Waals surface area contributed by atoms with E-state index in [-0.39, 0.29) is 12.1 Å². The summed E-state index contributed by atoms with van der Waals surface area (Å²) in [5.41, 5.74) is 1.70. The van der Waals surface area contributed by atoms with Gasteiger partial charge in [0.15, 0.2) is 0 Å². The van der Waals surface area contributed by atoms with Gasteiger partial charge in [0, 0.05) is 37.2 Å². The fraction of sp³-hybridized carbons (Fsp3) is 0.611. The summed E-state index contributed by atoms with van der Waals surface area (Å²) in [4.78, 5) is 16.2. The van der Waals surface area contributed by atoms with Crippen molar-refractivity contribution in [3.05, 3.63) is 28.3 Å². The van der Waals surface area contributed by atoms with Crippen LogP contribution in [-0.2, 0) is 11.3 Å². The van der Waals surface area contributed by atoms with Crippen LogP contribution in [0.3, 0.4) is 0 Å². The van der Waals surface area contributed by atoms with Gasteiger partial charge in [-0.15, -0.1) is 0 Å². The van der Waals surface area contributed by atoms with Crippen molar-refractivity contribution in [3.8, 4) is 0 Å². The van der Waals surface area contributed by atoms with Gasteiger partial charge in [-0.3, -0.25) is 4.90 Å². The molecule has 0 unspecified atom stereocenters. The van der Waals surface area contributed by atoms with Gasteiger partial charge in [-0.1, -0.05) is 11.6 Å². The molecule has 1 heterocycles. The lowest BCUT2D eigenvalue weighted by Gasteiger charge is -2.40. The van der Waals surface area contributed by atoms with Crippen molar-refractivity contribution in [1.29, 1.82) is 0 Å². The minimum Gasteiger partial charge on any atom is -0.444 e. The molecular formula is C18H28BClN2O4. The van der Waals surface area contributed by atoms with Gasteiger partial charge < -0.3 is 19.7 Å². The molecule has 1 saturated heterocycles. The molecule has 1 aliphatic rings. The number of piperazine rings is 1. The van der Waals surface area contributed by atoms with Crippen molar-refractivity contribution in [1.82, 2.24) is 9.80 Å². The largest absolute Gasteiger partial charge is 0.488 e. The van der Waals surface area contributed by atoms with Crippen LogP contribution in [0.4, 0.5) is 4.79 Å². The van der Waals surface area contributed by atoms with Gasteiger partial charge in [-0.25, -0.2) is 4.79 Å². The molecule has 144 valence electrons. The van der Waals surface area contributed by atoms with E-state index in [1.807, 2.05) is 33.8 Å². The molecule has 0 spiro atoms. The SMILES string of the molecule is Cc1cc(Cl)cc(B(O)O)c1CN1CCN(C(=O)OC(C)(C)C)C[C@@H]1C. The van der Waals surface area contributed by atoms with Crippen LogP contribution in [0.15, 0.2) is 12.1 Å². The van der Waals surface area contributed by atoms with Crippen LogP contribution in [-0.4, -0.2) is 64.3 Å². The highest BCUT2D eigenvalue weighted by Crippen LogP contribution is 2.20. The summed E-state index contributed by atoms with van der Waals surface area (Å²) < 4.78 is 5.45. The standard InChI is InChI=1S/C18H28BClN2O4/c1-12-8-14(20)9-16(19(24)25)15(12)11-21-6-7-22(10-13(21)2)17(23)26-18(3,4)5/h8-9,13,24-25H,6-7,10-11H2,1-5H3/t13-/m0/s1. The molecule has 1 aliphatic heterocycles. The number of hydrogen-bond donors (Lipinski definition) is 2. The summed E-state index contributed by atoms with van der Waals surface area (Å²) in [7, 11) is -1.57. The number of ether oxygens (including phenoxy) is 1. The zero-order valence-corrected chi connectivity index (χ0v) is 16.9. The number of nitrogens with zero attached hydrogens (tertiary/aromatic N) is 2. The molecule has 0 saturated carbocycles. The molecule has 1 fully saturated rings. The van der Waals surface area contributed by atoms with Crippen molar-refractivity contribution >= 4 is 30.3 Å². The number of carbonyl (C=O) groups excluding carboxylic acids is 1. The lowest BCUT2D eigenvalue weighted by Crippen LogP contribution is -2.54. The molecule has 2 N–H and O–H groups in total. The molecule has 0 aromatic heterocycles. The molecule has 1 aromatic rings. The van der Waals surface area contributed by atoms with Gasteiger partial charge in [-0.2, -0.15) is 0 Å². The Labute approximate surface area is 160 Å². The molecule has 2 rings (SSSR count). The van der Waals surface area contributed by atoms with E-state index < -0.39 is 12.7 Å². The van der Waals surface area contributed by atoms with Gasteiger partial charge in [0.25, 0.3) is 0 Å². The van der Waals surface area contributed by atoms with Gasteiger partial charge in [-0.05, 0) is 63.3 Å².